The lowest BCUT2D eigenvalue weighted by molar-refractivity contribution is 0.607. The van der Waals surface area contributed by atoms with E-state index in [9.17, 15) is 0 Å². The Morgan fingerprint density at radius 3 is 1.91 bits per heavy atom. The van der Waals surface area contributed by atoms with Crippen molar-refractivity contribution in [2.75, 3.05) is 0 Å². The molecule has 114 valence electrons. The number of aryl methyl sites for hydroxylation is 1. The zero-order valence-electron chi connectivity index (χ0n) is 13.6. The molecule has 0 spiro atoms. The van der Waals surface area contributed by atoms with Crippen LogP contribution in [0, 0.1) is 11.8 Å². The van der Waals surface area contributed by atoms with Crippen molar-refractivity contribution >= 4 is 0 Å². The van der Waals surface area contributed by atoms with Crippen molar-refractivity contribution in [3.63, 3.8) is 0 Å². The highest BCUT2D eigenvalue weighted by molar-refractivity contribution is 5.43. The summed E-state index contributed by atoms with van der Waals surface area (Å²) in [4.78, 5) is 0. The van der Waals surface area contributed by atoms with E-state index in [-0.39, 0.29) is 0 Å². The van der Waals surface area contributed by atoms with Crippen LogP contribution in [0.25, 0.3) is 0 Å². The van der Waals surface area contributed by atoms with Gasteiger partial charge in [0.15, 0.2) is 0 Å². The third kappa shape index (κ3) is 6.19. The molecule has 0 atom stereocenters. The molecular formula is C22H26. The number of benzene rings is 2. The van der Waals surface area contributed by atoms with Gasteiger partial charge in [-0.05, 0) is 42.7 Å². The molecule has 0 heteroatoms. The summed E-state index contributed by atoms with van der Waals surface area (Å²) in [7, 11) is 0. The minimum atomic E-state index is 1.07. The van der Waals surface area contributed by atoms with Crippen molar-refractivity contribution in [3.8, 4) is 11.8 Å². The van der Waals surface area contributed by atoms with Gasteiger partial charge in [0.1, 0.15) is 0 Å². The Hall–Kier alpha value is -2.00. The van der Waals surface area contributed by atoms with Crippen LogP contribution in [0.1, 0.15) is 62.1 Å². The fraction of sp³-hybridized carbons (Fsp3) is 0.364. The van der Waals surface area contributed by atoms with Crippen molar-refractivity contribution in [2.24, 2.45) is 0 Å². The van der Waals surface area contributed by atoms with E-state index in [1.165, 1.54) is 50.5 Å². The second-order valence-corrected chi connectivity index (χ2v) is 5.83. The highest BCUT2D eigenvalue weighted by Gasteiger charge is 1.95. The van der Waals surface area contributed by atoms with E-state index in [4.69, 9.17) is 0 Å². The van der Waals surface area contributed by atoms with Gasteiger partial charge >= 0.3 is 0 Å². The SMILES string of the molecule is CCCCCCCCc1ccc(C#Cc2ccccc2)cc1. The lowest BCUT2D eigenvalue weighted by Gasteiger charge is -2.02. The molecule has 0 bridgehead atoms. The van der Waals surface area contributed by atoms with Crippen LogP contribution in [-0.2, 0) is 6.42 Å². The zero-order valence-corrected chi connectivity index (χ0v) is 13.6. The molecule has 0 heterocycles. The van der Waals surface area contributed by atoms with Gasteiger partial charge in [0.05, 0.1) is 0 Å². The Morgan fingerprint density at radius 1 is 0.636 bits per heavy atom. The Bertz CT molecular complexity index is 581. The molecule has 0 aliphatic carbocycles. The van der Waals surface area contributed by atoms with Crippen molar-refractivity contribution < 1.29 is 0 Å². The first-order valence-electron chi connectivity index (χ1n) is 8.54. The molecule has 22 heavy (non-hydrogen) atoms. The molecule has 0 aliphatic heterocycles. The van der Waals surface area contributed by atoms with Gasteiger partial charge < -0.3 is 0 Å². The first-order valence-corrected chi connectivity index (χ1v) is 8.54. The Balaban J connectivity index is 1.77. The van der Waals surface area contributed by atoms with Crippen LogP contribution in [0.3, 0.4) is 0 Å². The normalized spacial score (nSPS) is 10.0. The first-order chi connectivity index (χ1) is 10.9. The average Bonchev–Trinajstić information content (AvgIpc) is 2.58. The van der Waals surface area contributed by atoms with Gasteiger partial charge in [-0.3, -0.25) is 0 Å². The summed E-state index contributed by atoms with van der Waals surface area (Å²) in [5.74, 6) is 6.43. The lowest BCUT2D eigenvalue weighted by atomic mass is 10.0. The van der Waals surface area contributed by atoms with E-state index in [1.54, 1.807) is 0 Å². The quantitative estimate of drug-likeness (QED) is 0.434. The van der Waals surface area contributed by atoms with E-state index >= 15 is 0 Å². The summed E-state index contributed by atoms with van der Waals surface area (Å²) in [6, 6.07) is 18.9. The molecule has 0 saturated heterocycles. The first kappa shape index (κ1) is 16.4. The van der Waals surface area contributed by atoms with Crippen LogP contribution in [0.5, 0.6) is 0 Å². The third-order valence-corrected chi connectivity index (χ3v) is 3.90. The maximum absolute atomic E-state index is 3.23. The smallest absolute Gasteiger partial charge is 0.0249 e. The monoisotopic (exact) mass is 290 g/mol. The zero-order chi connectivity index (χ0) is 15.5. The summed E-state index contributed by atoms with van der Waals surface area (Å²) in [6.07, 6.45) is 9.34. The Kier molecular flexibility index (Phi) is 7.33. The van der Waals surface area contributed by atoms with Gasteiger partial charge in [-0.2, -0.15) is 0 Å². The average molecular weight is 290 g/mol. The highest BCUT2D eigenvalue weighted by Crippen LogP contribution is 2.11. The largest absolute Gasteiger partial charge is 0.0654 e. The van der Waals surface area contributed by atoms with E-state index in [2.05, 4.69) is 43.0 Å². The standard InChI is InChI=1S/C22H26/c1-2-3-4-5-6-8-13-21-15-18-22(19-16-21)17-14-20-11-9-7-10-12-20/h7,9-12,15-16,18-19H,2-6,8,13H2,1H3. The lowest BCUT2D eigenvalue weighted by Crippen LogP contribution is -1.87. The van der Waals surface area contributed by atoms with Crippen molar-refractivity contribution in [1.29, 1.82) is 0 Å². The molecule has 0 nitrogen and oxygen atoms in total. The molecule has 0 fully saturated rings. The summed E-state index contributed by atoms with van der Waals surface area (Å²) >= 11 is 0. The molecule has 0 unspecified atom stereocenters. The fourth-order valence-corrected chi connectivity index (χ4v) is 2.53. The van der Waals surface area contributed by atoms with E-state index < -0.39 is 0 Å². The molecule has 2 aromatic rings. The topological polar surface area (TPSA) is 0 Å². The van der Waals surface area contributed by atoms with Crippen molar-refractivity contribution in [3.05, 3.63) is 71.3 Å². The van der Waals surface area contributed by atoms with Gasteiger partial charge in [0.25, 0.3) is 0 Å². The molecule has 0 amide bonds. The van der Waals surface area contributed by atoms with Crippen molar-refractivity contribution in [2.45, 2.75) is 51.9 Å². The highest BCUT2D eigenvalue weighted by atomic mass is 14.0. The van der Waals surface area contributed by atoms with Gasteiger partial charge in [-0.1, -0.05) is 81.2 Å². The minimum absolute atomic E-state index is 1.07. The number of unbranched alkanes of at least 4 members (excludes halogenated alkanes) is 5. The van der Waals surface area contributed by atoms with Crippen LogP contribution < -0.4 is 0 Å². The number of hydrogen-bond acceptors (Lipinski definition) is 0. The molecule has 0 saturated carbocycles. The number of rotatable bonds is 7. The molecule has 2 rings (SSSR count). The van der Waals surface area contributed by atoms with E-state index in [0.717, 1.165) is 11.1 Å². The second kappa shape index (κ2) is 9.85. The van der Waals surface area contributed by atoms with Gasteiger partial charge in [-0.15, -0.1) is 0 Å². The summed E-state index contributed by atoms with van der Waals surface area (Å²) in [6.45, 7) is 2.27. The molecular weight excluding hydrogens is 264 g/mol. The number of hydrogen-bond donors (Lipinski definition) is 0. The van der Waals surface area contributed by atoms with Crippen LogP contribution in [-0.4, -0.2) is 0 Å². The van der Waals surface area contributed by atoms with Gasteiger partial charge in [0.2, 0.25) is 0 Å². The predicted octanol–water partition coefficient (Wildman–Crippen LogP) is 5.99. The third-order valence-electron chi connectivity index (χ3n) is 3.90. The van der Waals surface area contributed by atoms with E-state index in [1.807, 2.05) is 30.3 Å². The minimum Gasteiger partial charge on any atom is -0.0654 e. The van der Waals surface area contributed by atoms with Crippen LogP contribution in [0.4, 0.5) is 0 Å². The maximum Gasteiger partial charge on any atom is 0.0249 e. The molecule has 2 aromatic carbocycles. The molecule has 0 aliphatic rings. The summed E-state index contributed by atoms with van der Waals surface area (Å²) in [5, 5.41) is 0. The van der Waals surface area contributed by atoms with E-state index in [0.29, 0.717) is 0 Å². The van der Waals surface area contributed by atoms with Crippen molar-refractivity contribution in [1.82, 2.24) is 0 Å². The Morgan fingerprint density at radius 2 is 1.23 bits per heavy atom. The van der Waals surface area contributed by atoms with Crippen LogP contribution in [0.2, 0.25) is 0 Å². The summed E-state index contributed by atoms with van der Waals surface area (Å²) in [5.41, 5.74) is 3.59. The molecule has 0 aromatic heterocycles. The molecule has 0 N–H and O–H groups in total. The van der Waals surface area contributed by atoms with Gasteiger partial charge in [0, 0.05) is 11.1 Å². The maximum atomic E-state index is 3.23. The molecule has 0 radical (unpaired) electrons. The summed E-state index contributed by atoms with van der Waals surface area (Å²) < 4.78 is 0. The predicted molar refractivity (Wildman–Crippen MR) is 95.9 cm³/mol. The second-order valence-electron chi connectivity index (χ2n) is 5.83. The van der Waals surface area contributed by atoms with Crippen LogP contribution >= 0.6 is 0 Å². The van der Waals surface area contributed by atoms with Gasteiger partial charge in [-0.25, -0.2) is 0 Å². The fourth-order valence-electron chi connectivity index (χ4n) is 2.53. The van der Waals surface area contributed by atoms with Crippen LogP contribution in [0.15, 0.2) is 54.6 Å². The Labute approximate surface area is 135 Å².